The van der Waals surface area contributed by atoms with Crippen molar-refractivity contribution in [3.63, 3.8) is 0 Å². The lowest BCUT2D eigenvalue weighted by molar-refractivity contribution is 0.605. The van der Waals surface area contributed by atoms with E-state index in [-0.39, 0.29) is 4.53 Å². The molecule has 0 aromatic heterocycles. The normalized spacial score (nSPS) is 18.9. The Morgan fingerprint density at radius 1 is 1.08 bits per heavy atom. The molecule has 1 aliphatic rings. The second-order valence-corrected chi connectivity index (χ2v) is 5.92. The Bertz CT molecular complexity index is 503. The van der Waals surface area contributed by atoms with Crippen LogP contribution in [0.4, 0.5) is 0 Å². The molecular weight excluding hydrogens is 216 g/mol. The van der Waals surface area contributed by atoms with E-state index < -0.39 is 9.84 Å². The fraction of sp³-hybridized carbons (Fsp3) is 0. The average molecular weight is 220 g/mol. The van der Waals surface area contributed by atoms with Gasteiger partial charge >= 0.3 is 0 Å². The van der Waals surface area contributed by atoms with E-state index >= 15 is 0 Å². The first kappa shape index (κ1) is 8.92. The molecule has 0 unspecified atom stereocenters. The quantitative estimate of drug-likeness (QED) is 0.595. The first-order chi connectivity index (χ1) is 6.05. The Morgan fingerprint density at radius 2 is 1.69 bits per heavy atom. The van der Waals surface area contributed by atoms with E-state index in [1.54, 1.807) is 24.3 Å². The van der Waals surface area contributed by atoms with Crippen LogP contribution in [0.1, 0.15) is 5.56 Å². The monoisotopic (exact) mass is 220 g/mol. The number of hydrogen-bond donors (Lipinski definition) is 0. The van der Waals surface area contributed by atoms with Crippen LogP contribution in [-0.2, 0) is 9.84 Å². The minimum Gasteiger partial charge on any atom is -0.219 e. The maximum absolute atomic E-state index is 11.7. The molecule has 2 nitrogen and oxygen atoms in total. The summed E-state index contributed by atoms with van der Waals surface area (Å²) in [5.74, 6) is 0. The number of sulfone groups is 1. The molecule has 6 radical (unpaired) electrons. The highest BCUT2D eigenvalue weighted by Crippen LogP contribution is 2.35. The minimum absolute atomic E-state index is 0.199. The second-order valence-electron chi connectivity index (χ2n) is 2.70. The molecular formula is C8H4O2SSi2. The van der Waals surface area contributed by atoms with Crippen LogP contribution in [0.5, 0.6) is 0 Å². The van der Waals surface area contributed by atoms with E-state index in [2.05, 4.69) is 20.5 Å². The summed E-state index contributed by atoms with van der Waals surface area (Å²) in [4.78, 5) is 0.352. The SMILES string of the molecule is O=S1(=O)C([Si])=C([Si])c2ccccc21. The molecule has 1 aliphatic heterocycles. The second kappa shape index (κ2) is 2.66. The summed E-state index contributed by atoms with van der Waals surface area (Å²) >= 11 is 0. The topological polar surface area (TPSA) is 34.1 Å². The predicted molar refractivity (Wildman–Crippen MR) is 52.1 cm³/mol. The van der Waals surface area contributed by atoms with Gasteiger partial charge in [-0.1, -0.05) is 18.2 Å². The molecule has 1 heterocycles. The van der Waals surface area contributed by atoms with Crippen molar-refractivity contribution < 1.29 is 8.42 Å². The molecule has 0 bridgehead atoms. The van der Waals surface area contributed by atoms with Gasteiger partial charge in [-0.05, 0) is 16.8 Å². The zero-order valence-corrected chi connectivity index (χ0v) is 9.35. The van der Waals surface area contributed by atoms with E-state index in [9.17, 15) is 8.42 Å². The van der Waals surface area contributed by atoms with Crippen molar-refractivity contribution in [2.45, 2.75) is 4.90 Å². The molecule has 62 valence electrons. The first-order valence-electron chi connectivity index (χ1n) is 3.57. The third-order valence-electron chi connectivity index (χ3n) is 1.94. The van der Waals surface area contributed by atoms with Gasteiger partial charge in [0.25, 0.3) is 0 Å². The van der Waals surface area contributed by atoms with E-state index in [0.717, 1.165) is 0 Å². The van der Waals surface area contributed by atoms with Crippen LogP contribution >= 0.6 is 0 Å². The summed E-state index contributed by atoms with van der Waals surface area (Å²) in [7, 11) is 3.10. The van der Waals surface area contributed by atoms with Crippen molar-refractivity contribution in [3.05, 3.63) is 34.4 Å². The molecule has 0 amide bonds. The van der Waals surface area contributed by atoms with Crippen molar-refractivity contribution >= 4 is 35.5 Å². The van der Waals surface area contributed by atoms with Gasteiger partial charge in [-0.15, -0.1) is 0 Å². The van der Waals surface area contributed by atoms with Gasteiger partial charge in [-0.25, -0.2) is 8.42 Å². The van der Waals surface area contributed by atoms with Crippen molar-refractivity contribution in [3.8, 4) is 0 Å². The number of benzene rings is 1. The molecule has 0 saturated heterocycles. The van der Waals surface area contributed by atoms with Gasteiger partial charge in [0.15, 0.2) is 9.84 Å². The number of hydrogen-bond acceptors (Lipinski definition) is 2. The van der Waals surface area contributed by atoms with Crippen molar-refractivity contribution in [2.75, 3.05) is 0 Å². The molecule has 0 N–H and O–H groups in total. The minimum atomic E-state index is -3.29. The van der Waals surface area contributed by atoms with Gasteiger partial charge in [-0.3, -0.25) is 0 Å². The van der Waals surface area contributed by atoms with E-state index in [0.29, 0.717) is 15.7 Å². The van der Waals surface area contributed by atoms with Crippen LogP contribution in [0.3, 0.4) is 0 Å². The maximum Gasteiger partial charge on any atom is 0.198 e. The van der Waals surface area contributed by atoms with E-state index in [1.165, 1.54) is 0 Å². The van der Waals surface area contributed by atoms with Gasteiger partial charge in [-0.2, -0.15) is 0 Å². The van der Waals surface area contributed by atoms with Crippen molar-refractivity contribution in [1.29, 1.82) is 0 Å². The van der Waals surface area contributed by atoms with Crippen LogP contribution in [0.15, 0.2) is 33.7 Å². The lowest BCUT2D eigenvalue weighted by atomic mass is 10.2. The molecule has 2 rings (SSSR count). The zero-order chi connectivity index (χ0) is 9.64. The summed E-state index contributed by atoms with van der Waals surface area (Å²) < 4.78 is 23.5. The predicted octanol–water partition coefficient (Wildman–Crippen LogP) is 0.437. The summed E-state index contributed by atoms with van der Waals surface area (Å²) in [6.45, 7) is 0. The Balaban J connectivity index is 2.90. The fourth-order valence-electron chi connectivity index (χ4n) is 1.27. The van der Waals surface area contributed by atoms with Gasteiger partial charge in [0.1, 0.15) is 0 Å². The van der Waals surface area contributed by atoms with Gasteiger partial charge in [0.2, 0.25) is 0 Å². The number of rotatable bonds is 0. The summed E-state index contributed by atoms with van der Waals surface area (Å²) in [6.07, 6.45) is 0. The van der Waals surface area contributed by atoms with Crippen LogP contribution in [0.2, 0.25) is 0 Å². The zero-order valence-electron chi connectivity index (χ0n) is 6.53. The van der Waals surface area contributed by atoms with Crippen molar-refractivity contribution in [2.24, 2.45) is 0 Å². The fourth-order valence-corrected chi connectivity index (χ4v) is 3.77. The Kier molecular flexibility index (Phi) is 1.83. The van der Waals surface area contributed by atoms with E-state index in [4.69, 9.17) is 0 Å². The highest BCUT2D eigenvalue weighted by atomic mass is 32.2. The van der Waals surface area contributed by atoms with Gasteiger partial charge in [0, 0.05) is 4.53 Å². The molecule has 5 heteroatoms. The summed E-state index contributed by atoms with van der Waals surface area (Å²) in [5, 5.41) is 0.590. The smallest absolute Gasteiger partial charge is 0.198 e. The largest absolute Gasteiger partial charge is 0.219 e. The van der Waals surface area contributed by atoms with Gasteiger partial charge < -0.3 is 0 Å². The molecule has 0 aliphatic carbocycles. The Morgan fingerprint density at radius 3 is 2.31 bits per heavy atom. The van der Waals surface area contributed by atoms with E-state index in [1.807, 2.05) is 0 Å². The van der Waals surface area contributed by atoms with Crippen LogP contribution in [-0.4, -0.2) is 28.9 Å². The Labute approximate surface area is 83.4 Å². The molecule has 0 atom stereocenters. The summed E-state index contributed by atoms with van der Waals surface area (Å²) in [6, 6.07) is 6.88. The lowest BCUT2D eigenvalue weighted by Crippen LogP contribution is -1.99. The molecule has 0 saturated carbocycles. The Hall–Kier alpha value is -0.656. The van der Waals surface area contributed by atoms with Crippen LogP contribution in [0.25, 0.3) is 5.20 Å². The third-order valence-corrected chi connectivity index (χ3v) is 5.63. The molecule has 1 aromatic rings. The van der Waals surface area contributed by atoms with Gasteiger partial charge in [0.05, 0.1) is 25.4 Å². The summed E-state index contributed by atoms with van der Waals surface area (Å²) in [5.41, 5.74) is 0.712. The third kappa shape index (κ3) is 1.08. The lowest BCUT2D eigenvalue weighted by Gasteiger charge is -1.97. The molecule has 13 heavy (non-hydrogen) atoms. The molecule has 1 aromatic carbocycles. The van der Waals surface area contributed by atoms with Crippen LogP contribution < -0.4 is 0 Å². The highest BCUT2D eigenvalue weighted by Gasteiger charge is 2.29. The highest BCUT2D eigenvalue weighted by molar-refractivity contribution is 7.97. The van der Waals surface area contributed by atoms with Crippen molar-refractivity contribution in [1.82, 2.24) is 0 Å². The van der Waals surface area contributed by atoms with Crippen LogP contribution in [0, 0.1) is 0 Å². The molecule has 0 spiro atoms. The number of fused-ring (bicyclic) bond motifs is 1. The maximum atomic E-state index is 11.7. The standard InChI is InChI=1S/C8H4O2SSi2/c9-11(10)6-4-2-1-3-5(6)7(12)8(11)13/h1-4H. The first-order valence-corrected chi connectivity index (χ1v) is 6.05. The average Bonchev–Trinajstić information content (AvgIpc) is 2.30. The molecule has 0 fully saturated rings.